The minimum Gasteiger partial charge on any atom is -0.478 e. The summed E-state index contributed by atoms with van der Waals surface area (Å²) < 4.78 is 33.4. The molecule has 0 saturated carbocycles. The summed E-state index contributed by atoms with van der Waals surface area (Å²) in [5, 5.41) is 13.3. The second-order valence-electron chi connectivity index (χ2n) is 10.5. The van der Waals surface area contributed by atoms with Crippen molar-refractivity contribution in [2.75, 3.05) is 0 Å². The molecule has 40 heavy (non-hydrogen) atoms. The first-order valence-electron chi connectivity index (χ1n) is 12.5. The number of esters is 1. The molecule has 0 spiro atoms. The number of ether oxygens (including phenoxy) is 1. The standard InChI is InChI=1S/C29H30ClN3O6S/c1-18-10-12-20(13-11-18)40(37,38)33-16-22(27(34)35)24-21(23(30)15-32-26(24)33)14-31-25(29(2,3)4)28(36)39-17-19-8-6-5-7-9-19/h5-13,15-16,25,31H,14,17H2,1-4H3,(H,34,35)/t25-/m0/s1. The Kier molecular flexibility index (Phi) is 8.34. The van der Waals surface area contributed by atoms with Gasteiger partial charge in [0, 0.05) is 24.3 Å². The summed E-state index contributed by atoms with van der Waals surface area (Å²) in [6.45, 7) is 7.48. The van der Waals surface area contributed by atoms with Gasteiger partial charge in [0.25, 0.3) is 10.0 Å². The van der Waals surface area contributed by atoms with Crippen LogP contribution in [0.1, 0.15) is 47.8 Å². The fourth-order valence-electron chi connectivity index (χ4n) is 4.31. The van der Waals surface area contributed by atoms with E-state index < -0.39 is 33.4 Å². The first kappa shape index (κ1) is 29.3. The van der Waals surface area contributed by atoms with Gasteiger partial charge in [0.15, 0.2) is 5.65 Å². The number of halogens is 1. The Hall–Kier alpha value is -3.73. The Morgan fingerprint density at radius 1 is 1.10 bits per heavy atom. The molecule has 1 atom stereocenters. The van der Waals surface area contributed by atoms with Crippen LogP contribution in [-0.4, -0.2) is 40.5 Å². The molecular formula is C29H30ClN3O6S. The van der Waals surface area contributed by atoms with E-state index in [1.165, 1.54) is 18.3 Å². The van der Waals surface area contributed by atoms with E-state index in [-0.39, 0.29) is 39.7 Å². The molecule has 0 unspecified atom stereocenters. The number of carbonyl (C=O) groups excluding carboxylic acids is 1. The van der Waals surface area contributed by atoms with Gasteiger partial charge in [-0.1, -0.05) is 80.4 Å². The van der Waals surface area contributed by atoms with E-state index in [0.717, 1.165) is 21.3 Å². The van der Waals surface area contributed by atoms with Crippen molar-refractivity contribution in [2.24, 2.45) is 5.41 Å². The summed E-state index contributed by atoms with van der Waals surface area (Å²) in [4.78, 5) is 29.5. The average molecular weight is 584 g/mol. The summed E-state index contributed by atoms with van der Waals surface area (Å²) >= 11 is 6.49. The number of nitrogens with one attached hydrogen (secondary N) is 1. The van der Waals surface area contributed by atoms with E-state index in [0.29, 0.717) is 5.56 Å². The van der Waals surface area contributed by atoms with Crippen molar-refractivity contribution in [3.05, 3.63) is 94.3 Å². The van der Waals surface area contributed by atoms with Crippen molar-refractivity contribution < 1.29 is 27.9 Å². The summed E-state index contributed by atoms with van der Waals surface area (Å²) in [6, 6.07) is 14.7. The normalized spacial score (nSPS) is 12.8. The first-order chi connectivity index (χ1) is 18.8. The molecule has 2 aromatic carbocycles. The Bertz CT molecular complexity index is 1660. The van der Waals surface area contributed by atoms with Crippen LogP contribution in [0, 0.1) is 12.3 Å². The molecule has 210 valence electrons. The second-order valence-corrected chi connectivity index (χ2v) is 12.7. The van der Waals surface area contributed by atoms with Gasteiger partial charge in [-0.25, -0.2) is 22.2 Å². The predicted molar refractivity (Wildman–Crippen MR) is 152 cm³/mol. The van der Waals surface area contributed by atoms with E-state index >= 15 is 0 Å². The van der Waals surface area contributed by atoms with Crippen molar-refractivity contribution >= 4 is 44.6 Å². The fraction of sp³-hybridized carbons (Fsp3) is 0.276. The molecule has 4 aromatic rings. The molecule has 0 aliphatic heterocycles. The number of nitrogens with zero attached hydrogens (tertiary/aromatic N) is 2. The van der Waals surface area contributed by atoms with Gasteiger partial charge >= 0.3 is 11.9 Å². The SMILES string of the molecule is Cc1ccc(S(=O)(=O)n2cc(C(=O)O)c3c(CN[C@@H](C(=O)OCc4ccccc4)C(C)(C)C)c(Cl)cnc32)cc1. The molecule has 0 amide bonds. The van der Waals surface area contributed by atoms with Gasteiger partial charge in [0.1, 0.15) is 12.6 Å². The molecule has 0 saturated heterocycles. The zero-order valence-electron chi connectivity index (χ0n) is 22.5. The highest BCUT2D eigenvalue weighted by molar-refractivity contribution is 7.90. The third-order valence-electron chi connectivity index (χ3n) is 6.46. The Balaban J connectivity index is 1.71. The third kappa shape index (κ3) is 6.04. The number of carboxylic acids is 1. The first-order valence-corrected chi connectivity index (χ1v) is 14.3. The summed E-state index contributed by atoms with van der Waals surface area (Å²) in [5.74, 6) is -1.83. The van der Waals surface area contributed by atoms with E-state index in [1.807, 2.05) is 58.0 Å². The third-order valence-corrected chi connectivity index (χ3v) is 8.44. The van der Waals surface area contributed by atoms with E-state index in [1.54, 1.807) is 12.1 Å². The van der Waals surface area contributed by atoms with Gasteiger partial charge in [0.2, 0.25) is 0 Å². The maximum absolute atomic E-state index is 13.5. The van der Waals surface area contributed by atoms with Crippen molar-refractivity contribution in [2.45, 2.75) is 51.8 Å². The van der Waals surface area contributed by atoms with Gasteiger partial charge in [-0.2, -0.15) is 0 Å². The Morgan fingerprint density at radius 2 is 1.75 bits per heavy atom. The van der Waals surface area contributed by atoms with Crippen LogP contribution in [0.4, 0.5) is 0 Å². The van der Waals surface area contributed by atoms with Gasteiger partial charge in [-0.3, -0.25) is 10.1 Å². The average Bonchev–Trinajstić information content (AvgIpc) is 3.30. The van der Waals surface area contributed by atoms with Crippen molar-refractivity contribution in [1.82, 2.24) is 14.3 Å². The number of carbonyl (C=O) groups is 2. The van der Waals surface area contributed by atoms with Crippen LogP contribution in [0.2, 0.25) is 5.02 Å². The number of pyridine rings is 1. The Labute approximate surface area is 237 Å². The molecule has 0 fully saturated rings. The van der Waals surface area contributed by atoms with Crippen molar-refractivity contribution in [1.29, 1.82) is 0 Å². The Morgan fingerprint density at radius 3 is 2.35 bits per heavy atom. The number of hydrogen-bond acceptors (Lipinski definition) is 7. The topological polar surface area (TPSA) is 128 Å². The number of aromatic nitrogens is 2. The number of aromatic carboxylic acids is 1. The van der Waals surface area contributed by atoms with Gasteiger partial charge < -0.3 is 9.84 Å². The molecule has 0 bridgehead atoms. The summed E-state index contributed by atoms with van der Waals surface area (Å²) in [5.41, 5.74) is 1.06. The highest BCUT2D eigenvalue weighted by atomic mass is 35.5. The predicted octanol–water partition coefficient (Wildman–Crippen LogP) is 5.18. The number of aryl methyl sites for hydroxylation is 1. The van der Waals surface area contributed by atoms with Crippen LogP contribution in [0.5, 0.6) is 0 Å². The van der Waals surface area contributed by atoms with Crippen LogP contribution >= 0.6 is 11.6 Å². The van der Waals surface area contributed by atoms with Gasteiger partial charge in [0.05, 0.1) is 15.5 Å². The van der Waals surface area contributed by atoms with Crippen LogP contribution < -0.4 is 5.32 Å². The highest BCUT2D eigenvalue weighted by Gasteiger charge is 2.33. The quantitative estimate of drug-likeness (QED) is 0.258. The zero-order valence-corrected chi connectivity index (χ0v) is 24.1. The number of carboxylic acid groups (broad SMARTS) is 1. The summed E-state index contributed by atoms with van der Waals surface area (Å²) in [7, 11) is -4.17. The molecule has 9 nitrogen and oxygen atoms in total. The fourth-order valence-corrected chi connectivity index (χ4v) is 5.84. The lowest BCUT2D eigenvalue weighted by atomic mass is 9.86. The van der Waals surface area contributed by atoms with Crippen LogP contribution in [0.15, 0.2) is 71.9 Å². The van der Waals surface area contributed by atoms with Crippen molar-refractivity contribution in [3.8, 4) is 0 Å². The monoisotopic (exact) mass is 583 g/mol. The number of hydrogen-bond donors (Lipinski definition) is 2. The highest BCUT2D eigenvalue weighted by Crippen LogP contribution is 2.32. The number of fused-ring (bicyclic) bond motifs is 1. The molecular weight excluding hydrogens is 554 g/mol. The lowest BCUT2D eigenvalue weighted by molar-refractivity contribution is -0.150. The maximum Gasteiger partial charge on any atom is 0.337 e. The van der Waals surface area contributed by atoms with Crippen molar-refractivity contribution in [3.63, 3.8) is 0 Å². The zero-order chi connectivity index (χ0) is 29.2. The lowest BCUT2D eigenvalue weighted by Gasteiger charge is -2.30. The van der Waals surface area contributed by atoms with Gasteiger partial charge in [-0.05, 0) is 35.6 Å². The molecule has 2 aromatic heterocycles. The molecule has 11 heteroatoms. The van der Waals surface area contributed by atoms with Crippen LogP contribution in [0.3, 0.4) is 0 Å². The molecule has 2 N–H and O–H groups in total. The minimum atomic E-state index is -4.17. The molecule has 0 radical (unpaired) electrons. The summed E-state index contributed by atoms with van der Waals surface area (Å²) in [6.07, 6.45) is 2.30. The van der Waals surface area contributed by atoms with Crippen LogP contribution in [-0.2, 0) is 32.7 Å². The second kappa shape index (κ2) is 11.4. The number of rotatable bonds is 9. The molecule has 4 rings (SSSR count). The van der Waals surface area contributed by atoms with Gasteiger partial charge in [-0.15, -0.1) is 0 Å². The number of benzene rings is 2. The molecule has 0 aliphatic rings. The van der Waals surface area contributed by atoms with E-state index in [2.05, 4.69) is 10.3 Å². The van der Waals surface area contributed by atoms with E-state index in [4.69, 9.17) is 16.3 Å². The smallest absolute Gasteiger partial charge is 0.337 e. The van der Waals surface area contributed by atoms with Crippen LogP contribution in [0.25, 0.3) is 11.0 Å². The minimum absolute atomic E-state index is 0.0164. The molecule has 2 heterocycles. The lowest BCUT2D eigenvalue weighted by Crippen LogP contribution is -2.47. The largest absolute Gasteiger partial charge is 0.478 e. The maximum atomic E-state index is 13.5. The molecule has 0 aliphatic carbocycles. The van der Waals surface area contributed by atoms with E-state index in [9.17, 15) is 23.1 Å².